The molecule has 0 spiro atoms. The molecule has 0 unspecified atom stereocenters. The Morgan fingerprint density at radius 2 is 2.20 bits per heavy atom. The van der Waals surface area contributed by atoms with Gasteiger partial charge in [0.1, 0.15) is 9.24 Å². The van der Waals surface area contributed by atoms with E-state index < -0.39 is 0 Å². The van der Waals surface area contributed by atoms with Gasteiger partial charge in [-0.05, 0) is 34.8 Å². The lowest BCUT2D eigenvalue weighted by molar-refractivity contribution is 0.745. The number of pyridine rings is 1. The standard InChI is InChI=1S/C10H8BrN3S/c11-9-3-7-8(4-12-9)14(6-1-2-6)5-13-10(7)15/h3-6H,1-2H2. The predicted octanol–water partition coefficient (Wildman–Crippen LogP) is 3.26. The fraction of sp³-hybridized carbons (Fsp3) is 0.300. The van der Waals surface area contributed by atoms with E-state index in [0.29, 0.717) is 10.7 Å². The van der Waals surface area contributed by atoms with E-state index in [9.17, 15) is 0 Å². The van der Waals surface area contributed by atoms with Gasteiger partial charge in [-0.3, -0.25) is 0 Å². The Balaban J connectivity index is 2.39. The summed E-state index contributed by atoms with van der Waals surface area (Å²) in [7, 11) is 0. The number of hydrogen-bond donors (Lipinski definition) is 0. The average Bonchev–Trinajstić information content (AvgIpc) is 3.03. The molecular formula is C10H8BrN3S. The highest BCUT2D eigenvalue weighted by Gasteiger charge is 2.24. The number of halogens is 1. The minimum Gasteiger partial charge on any atom is -0.327 e. The van der Waals surface area contributed by atoms with E-state index in [2.05, 4.69) is 30.5 Å². The first-order chi connectivity index (χ1) is 7.25. The van der Waals surface area contributed by atoms with Crippen molar-refractivity contribution in [3.05, 3.63) is 27.8 Å². The fourth-order valence-corrected chi connectivity index (χ4v) is 2.23. The van der Waals surface area contributed by atoms with Crippen molar-refractivity contribution in [3.63, 3.8) is 0 Å². The van der Waals surface area contributed by atoms with Gasteiger partial charge in [0.15, 0.2) is 0 Å². The van der Waals surface area contributed by atoms with Gasteiger partial charge in [-0.1, -0.05) is 12.2 Å². The lowest BCUT2D eigenvalue weighted by atomic mass is 10.3. The van der Waals surface area contributed by atoms with Crippen LogP contribution in [-0.2, 0) is 0 Å². The summed E-state index contributed by atoms with van der Waals surface area (Å²) in [5, 5.41) is 1.00. The Bertz CT molecular complexity index is 589. The molecule has 1 aliphatic rings. The molecular weight excluding hydrogens is 274 g/mol. The van der Waals surface area contributed by atoms with Crippen LogP contribution in [-0.4, -0.2) is 14.5 Å². The summed E-state index contributed by atoms with van der Waals surface area (Å²) in [5.41, 5.74) is 1.08. The Kier molecular flexibility index (Phi) is 2.10. The summed E-state index contributed by atoms with van der Waals surface area (Å²) in [6, 6.07) is 2.53. The molecule has 0 aromatic carbocycles. The maximum atomic E-state index is 5.21. The quantitative estimate of drug-likeness (QED) is 0.594. The van der Waals surface area contributed by atoms with Gasteiger partial charge >= 0.3 is 0 Å². The van der Waals surface area contributed by atoms with Crippen LogP contribution in [0.5, 0.6) is 0 Å². The van der Waals surface area contributed by atoms with Crippen molar-refractivity contribution in [3.8, 4) is 0 Å². The Morgan fingerprint density at radius 3 is 2.93 bits per heavy atom. The molecule has 1 aliphatic carbocycles. The van der Waals surface area contributed by atoms with Gasteiger partial charge in [-0.15, -0.1) is 0 Å². The van der Waals surface area contributed by atoms with Gasteiger partial charge in [0, 0.05) is 11.4 Å². The topological polar surface area (TPSA) is 30.7 Å². The molecule has 1 saturated carbocycles. The summed E-state index contributed by atoms with van der Waals surface area (Å²) in [5.74, 6) is 0. The first-order valence-corrected chi connectivity index (χ1v) is 5.98. The minimum atomic E-state index is 0.596. The third-order valence-electron chi connectivity index (χ3n) is 2.60. The monoisotopic (exact) mass is 281 g/mol. The molecule has 0 bridgehead atoms. The van der Waals surface area contributed by atoms with Crippen molar-refractivity contribution in [1.82, 2.24) is 14.5 Å². The normalized spacial score (nSPS) is 15.8. The zero-order chi connectivity index (χ0) is 10.4. The number of nitrogens with zero attached hydrogens (tertiary/aromatic N) is 3. The number of hydrogen-bond acceptors (Lipinski definition) is 3. The minimum absolute atomic E-state index is 0.596. The average molecular weight is 282 g/mol. The van der Waals surface area contributed by atoms with Crippen molar-refractivity contribution < 1.29 is 0 Å². The van der Waals surface area contributed by atoms with Crippen LogP contribution >= 0.6 is 28.1 Å². The Hall–Kier alpha value is -0.810. The summed E-state index contributed by atoms with van der Waals surface area (Å²) in [6.45, 7) is 0. The summed E-state index contributed by atoms with van der Waals surface area (Å²) < 4.78 is 3.62. The third kappa shape index (κ3) is 1.59. The molecule has 1 fully saturated rings. The predicted molar refractivity (Wildman–Crippen MR) is 64.3 cm³/mol. The summed E-state index contributed by atoms with van der Waals surface area (Å²) in [6.07, 6.45) is 6.15. The van der Waals surface area contributed by atoms with E-state index in [1.54, 1.807) is 0 Å². The molecule has 2 aromatic heterocycles. The van der Waals surface area contributed by atoms with Crippen LogP contribution in [0.3, 0.4) is 0 Å². The van der Waals surface area contributed by atoms with Crippen molar-refractivity contribution in [2.45, 2.75) is 18.9 Å². The molecule has 0 radical (unpaired) electrons. The highest BCUT2D eigenvalue weighted by atomic mass is 79.9. The molecule has 3 rings (SSSR count). The summed E-state index contributed by atoms with van der Waals surface area (Å²) in [4.78, 5) is 8.48. The molecule has 0 aliphatic heterocycles. The molecule has 2 aromatic rings. The zero-order valence-electron chi connectivity index (χ0n) is 7.85. The van der Waals surface area contributed by atoms with Crippen molar-refractivity contribution in [2.24, 2.45) is 0 Å². The second-order valence-corrected chi connectivity index (χ2v) is 4.91. The van der Waals surface area contributed by atoms with Gasteiger partial charge in [-0.25, -0.2) is 9.97 Å². The fourth-order valence-electron chi connectivity index (χ4n) is 1.69. The van der Waals surface area contributed by atoms with E-state index in [0.717, 1.165) is 15.5 Å². The summed E-state index contributed by atoms with van der Waals surface area (Å²) >= 11 is 8.56. The SMILES string of the molecule is S=c1ncn(C2CC2)c2cnc(Br)cc12. The van der Waals surface area contributed by atoms with Gasteiger partial charge in [-0.2, -0.15) is 0 Å². The lowest BCUT2D eigenvalue weighted by Crippen LogP contribution is -1.99. The van der Waals surface area contributed by atoms with E-state index in [-0.39, 0.29) is 0 Å². The van der Waals surface area contributed by atoms with Gasteiger partial charge in [0.2, 0.25) is 0 Å². The molecule has 2 heterocycles. The van der Waals surface area contributed by atoms with Gasteiger partial charge in [0.25, 0.3) is 0 Å². The van der Waals surface area contributed by atoms with Crippen LogP contribution in [0.15, 0.2) is 23.2 Å². The van der Waals surface area contributed by atoms with E-state index in [1.165, 1.54) is 12.8 Å². The van der Waals surface area contributed by atoms with E-state index in [1.807, 2.05) is 18.6 Å². The molecule has 3 nitrogen and oxygen atoms in total. The van der Waals surface area contributed by atoms with Crippen LogP contribution in [0.2, 0.25) is 0 Å². The molecule has 0 saturated heterocycles. The number of fused-ring (bicyclic) bond motifs is 1. The van der Waals surface area contributed by atoms with Crippen LogP contribution in [0.1, 0.15) is 18.9 Å². The van der Waals surface area contributed by atoms with Crippen molar-refractivity contribution in [1.29, 1.82) is 0 Å². The molecule has 5 heteroatoms. The Morgan fingerprint density at radius 1 is 1.40 bits per heavy atom. The maximum absolute atomic E-state index is 5.21. The third-order valence-corrected chi connectivity index (χ3v) is 3.36. The number of rotatable bonds is 1. The first-order valence-electron chi connectivity index (χ1n) is 4.78. The van der Waals surface area contributed by atoms with Gasteiger partial charge < -0.3 is 4.57 Å². The van der Waals surface area contributed by atoms with E-state index in [4.69, 9.17) is 12.2 Å². The zero-order valence-corrected chi connectivity index (χ0v) is 10.3. The number of aromatic nitrogens is 3. The molecule has 76 valence electrons. The molecule has 15 heavy (non-hydrogen) atoms. The van der Waals surface area contributed by atoms with Gasteiger partial charge in [0.05, 0.1) is 18.0 Å². The van der Waals surface area contributed by atoms with Crippen LogP contribution in [0.25, 0.3) is 10.9 Å². The molecule has 0 amide bonds. The van der Waals surface area contributed by atoms with Crippen LogP contribution in [0, 0.1) is 4.64 Å². The highest BCUT2D eigenvalue weighted by molar-refractivity contribution is 9.10. The van der Waals surface area contributed by atoms with Crippen LogP contribution in [0.4, 0.5) is 0 Å². The maximum Gasteiger partial charge on any atom is 0.137 e. The molecule has 0 N–H and O–H groups in total. The van der Waals surface area contributed by atoms with Crippen molar-refractivity contribution >= 4 is 39.1 Å². The second-order valence-electron chi connectivity index (χ2n) is 3.71. The smallest absolute Gasteiger partial charge is 0.137 e. The second kappa shape index (κ2) is 3.35. The Labute approximate surface area is 100 Å². The molecule has 0 atom stereocenters. The highest BCUT2D eigenvalue weighted by Crippen LogP contribution is 2.36. The van der Waals surface area contributed by atoms with Crippen molar-refractivity contribution in [2.75, 3.05) is 0 Å². The van der Waals surface area contributed by atoms with Crippen LogP contribution < -0.4 is 0 Å². The van der Waals surface area contributed by atoms with E-state index >= 15 is 0 Å². The first kappa shape index (κ1) is 9.42. The lowest BCUT2D eigenvalue weighted by Gasteiger charge is -2.08. The largest absolute Gasteiger partial charge is 0.327 e.